The van der Waals surface area contributed by atoms with Crippen molar-refractivity contribution in [2.45, 2.75) is 5.16 Å². The molecular weight excluding hydrogens is 410 g/mol. The van der Waals surface area contributed by atoms with Crippen molar-refractivity contribution in [2.24, 2.45) is 0 Å². The van der Waals surface area contributed by atoms with Crippen LogP contribution in [-0.2, 0) is 4.79 Å². The molecule has 1 aromatic carbocycles. The Morgan fingerprint density at radius 2 is 2.03 bits per heavy atom. The number of carbonyl (C=O) groups is 1. The lowest BCUT2D eigenvalue weighted by Crippen LogP contribution is -2.14. The summed E-state index contributed by atoms with van der Waals surface area (Å²) in [6.07, 6.45) is 3.29. The van der Waals surface area contributed by atoms with E-state index in [9.17, 15) is 4.79 Å². The molecule has 0 aliphatic heterocycles. The van der Waals surface area contributed by atoms with Gasteiger partial charge < -0.3 is 4.74 Å². The van der Waals surface area contributed by atoms with Crippen LogP contribution in [0.3, 0.4) is 0 Å². The van der Waals surface area contributed by atoms with Gasteiger partial charge in [0, 0.05) is 11.9 Å². The van der Waals surface area contributed by atoms with Crippen LogP contribution in [0.4, 0.5) is 5.13 Å². The molecule has 0 aliphatic carbocycles. The summed E-state index contributed by atoms with van der Waals surface area (Å²) in [4.78, 5) is 16.5. The van der Waals surface area contributed by atoms with Gasteiger partial charge in [0.15, 0.2) is 10.2 Å². The molecule has 4 aromatic rings. The largest absolute Gasteiger partial charge is 0.497 e. The van der Waals surface area contributed by atoms with E-state index < -0.39 is 0 Å². The summed E-state index contributed by atoms with van der Waals surface area (Å²) in [6, 6.07) is 13.0. The first-order valence-corrected chi connectivity index (χ1v) is 10.2. The normalized spacial score (nSPS) is 10.7. The standard InChI is InChI=1S/C18H15N7O2S2/c1-27-13-7-5-12(6-8-13)25-11-20-24-18(25)28-10-15(26)21-17-23-22-16(29-17)14-4-2-3-9-19-14/h2-9,11H,10H2,1H3,(H,21,23,26). The highest BCUT2D eigenvalue weighted by atomic mass is 32.2. The van der Waals surface area contributed by atoms with Crippen LogP contribution in [0.5, 0.6) is 5.75 Å². The average molecular weight is 425 g/mol. The van der Waals surface area contributed by atoms with Crippen LogP contribution < -0.4 is 10.1 Å². The Balaban J connectivity index is 1.37. The third kappa shape index (κ3) is 4.58. The van der Waals surface area contributed by atoms with Gasteiger partial charge in [0.05, 0.1) is 12.9 Å². The summed E-state index contributed by atoms with van der Waals surface area (Å²) in [6.45, 7) is 0. The Kier molecular flexibility index (Phi) is 5.77. The van der Waals surface area contributed by atoms with Crippen molar-refractivity contribution in [3.05, 3.63) is 55.0 Å². The predicted molar refractivity (Wildman–Crippen MR) is 110 cm³/mol. The van der Waals surface area contributed by atoms with Crippen LogP contribution in [0.15, 0.2) is 60.1 Å². The Bertz CT molecular complexity index is 1100. The number of hydrogen-bond acceptors (Lipinski definition) is 9. The Morgan fingerprint density at radius 1 is 1.17 bits per heavy atom. The number of thioether (sulfide) groups is 1. The number of methoxy groups -OCH3 is 1. The second kappa shape index (κ2) is 8.80. The van der Waals surface area contributed by atoms with E-state index in [0.717, 1.165) is 11.4 Å². The highest BCUT2D eigenvalue weighted by molar-refractivity contribution is 7.99. The molecule has 0 spiro atoms. The van der Waals surface area contributed by atoms with Gasteiger partial charge in [-0.05, 0) is 36.4 Å². The summed E-state index contributed by atoms with van der Waals surface area (Å²) in [5, 5.41) is 20.5. The molecule has 0 fully saturated rings. The smallest absolute Gasteiger partial charge is 0.236 e. The SMILES string of the molecule is COc1ccc(-n2cnnc2SCC(=O)Nc2nnc(-c3ccccn3)s2)cc1. The minimum absolute atomic E-state index is 0.160. The molecular formula is C18H15N7O2S2. The van der Waals surface area contributed by atoms with Crippen LogP contribution >= 0.6 is 23.1 Å². The van der Waals surface area contributed by atoms with E-state index in [-0.39, 0.29) is 11.7 Å². The molecule has 0 saturated heterocycles. The number of carbonyl (C=O) groups excluding carboxylic acids is 1. The van der Waals surface area contributed by atoms with E-state index in [1.165, 1.54) is 23.1 Å². The summed E-state index contributed by atoms with van der Waals surface area (Å²) >= 11 is 2.55. The van der Waals surface area contributed by atoms with Crippen molar-refractivity contribution < 1.29 is 9.53 Å². The molecule has 4 rings (SSSR count). The van der Waals surface area contributed by atoms with Gasteiger partial charge in [0.25, 0.3) is 0 Å². The predicted octanol–water partition coefficient (Wildman–Crippen LogP) is 2.92. The number of aromatic nitrogens is 6. The zero-order chi connectivity index (χ0) is 20.1. The maximum Gasteiger partial charge on any atom is 0.236 e. The Labute approximate surface area is 174 Å². The quantitative estimate of drug-likeness (QED) is 0.450. The van der Waals surface area contributed by atoms with Crippen molar-refractivity contribution in [1.82, 2.24) is 29.9 Å². The van der Waals surface area contributed by atoms with Crippen molar-refractivity contribution in [1.29, 1.82) is 0 Å². The molecule has 0 atom stereocenters. The van der Waals surface area contributed by atoms with E-state index in [2.05, 4.69) is 30.7 Å². The topological polar surface area (TPSA) is 108 Å². The summed E-state index contributed by atoms with van der Waals surface area (Å²) in [7, 11) is 1.62. The first-order valence-electron chi connectivity index (χ1n) is 8.45. The molecule has 11 heteroatoms. The molecule has 1 N–H and O–H groups in total. The van der Waals surface area contributed by atoms with E-state index in [0.29, 0.717) is 21.0 Å². The van der Waals surface area contributed by atoms with Gasteiger partial charge in [-0.3, -0.25) is 19.7 Å². The molecule has 9 nitrogen and oxygen atoms in total. The van der Waals surface area contributed by atoms with Crippen LogP contribution in [0.25, 0.3) is 16.4 Å². The first kappa shape index (κ1) is 19.0. The lowest BCUT2D eigenvalue weighted by molar-refractivity contribution is -0.113. The number of benzene rings is 1. The number of anilines is 1. The van der Waals surface area contributed by atoms with E-state index >= 15 is 0 Å². The van der Waals surface area contributed by atoms with E-state index in [1.54, 1.807) is 19.6 Å². The van der Waals surface area contributed by atoms with Gasteiger partial charge in [0.2, 0.25) is 11.0 Å². The maximum absolute atomic E-state index is 12.3. The zero-order valence-corrected chi connectivity index (χ0v) is 16.9. The van der Waals surface area contributed by atoms with Gasteiger partial charge >= 0.3 is 0 Å². The molecule has 146 valence electrons. The minimum Gasteiger partial charge on any atom is -0.497 e. The zero-order valence-electron chi connectivity index (χ0n) is 15.2. The highest BCUT2D eigenvalue weighted by Gasteiger charge is 2.13. The lowest BCUT2D eigenvalue weighted by Gasteiger charge is -2.07. The summed E-state index contributed by atoms with van der Waals surface area (Å²) in [5.41, 5.74) is 1.59. The van der Waals surface area contributed by atoms with Gasteiger partial charge in [-0.25, -0.2) is 0 Å². The number of rotatable bonds is 7. The van der Waals surface area contributed by atoms with Crippen LogP contribution in [0, 0.1) is 0 Å². The number of nitrogens with one attached hydrogen (secondary N) is 1. The fourth-order valence-electron chi connectivity index (χ4n) is 2.39. The molecule has 0 unspecified atom stereocenters. The second-order valence-electron chi connectivity index (χ2n) is 5.65. The summed E-state index contributed by atoms with van der Waals surface area (Å²) < 4.78 is 6.98. The molecule has 3 aromatic heterocycles. The minimum atomic E-state index is -0.206. The molecule has 3 heterocycles. The van der Waals surface area contributed by atoms with E-state index in [4.69, 9.17) is 4.74 Å². The third-order valence-corrected chi connectivity index (χ3v) is 5.56. The molecule has 0 radical (unpaired) electrons. The molecule has 0 saturated carbocycles. The lowest BCUT2D eigenvalue weighted by atomic mass is 10.3. The van der Waals surface area contributed by atoms with Gasteiger partial charge in [0.1, 0.15) is 17.8 Å². The van der Waals surface area contributed by atoms with Crippen molar-refractivity contribution in [2.75, 3.05) is 18.2 Å². The highest BCUT2D eigenvalue weighted by Crippen LogP contribution is 2.25. The fraction of sp³-hybridized carbons (Fsp3) is 0.111. The number of hydrogen-bond donors (Lipinski definition) is 1. The van der Waals surface area contributed by atoms with Crippen LogP contribution in [0.2, 0.25) is 0 Å². The number of pyridine rings is 1. The molecule has 1 amide bonds. The number of ether oxygens (including phenoxy) is 1. The Hall–Kier alpha value is -3.31. The van der Waals surface area contributed by atoms with E-state index in [1.807, 2.05) is 47.0 Å². The molecule has 29 heavy (non-hydrogen) atoms. The third-order valence-electron chi connectivity index (χ3n) is 3.75. The maximum atomic E-state index is 12.3. The second-order valence-corrected chi connectivity index (χ2v) is 7.57. The van der Waals surface area contributed by atoms with Gasteiger partial charge in [-0.2, -0.15) is 0 Å². The van der Waals surface area contributed by atoms with Gasteiger partial charge in [-0.15, -0.1) is 20.4 Å². The molecule has 0 bridgehead atoms. The first-order chi connectivity index (χ1) is 14.2. The van der Waals surface area contributed by atoms with Crippen molar-refractivity contribution in [3.8, 4) is 22.1 Å². The van der Waals surface area contributed by atoms with Crippen LogP contribution in [0.1, 0.15) is 0 Å². The Morgan fingerprint density at radius 3 is 2.79 bits per heavy atom. The number of amides is 1. The average Bonchev–Trinajstić information content (AvgIpc) is 3.42. The summed E-state index contributed by atoms with van der Waals surface area (Å²) in [5.74, 6) is 0.716. The molecule has 0 aliphatic rings. The van der Waals surface area contributed by atoms with Gasteiger partial charge in [-0.1, -0.05) is 29.2 Å². The number of nitrogens with zero attached hydrogens (tertiary/aromatic N) is 6. The van der Waals surface area contributed by atoms with Crippen LogP contribution in [-0.4, -0.2) is 48.7 Å². The van der Waals surface area contributed by atoms with Crippen molar-refractivity contribution >= 4 is 34.1 Å². The fourth-order valence-corrected chi connectivity index (χ4v) is 3.86. The monoisotopic (exact) mass is 425 g/mol. The van der Waals surface area contributed by atoms with Crippen molar-refractivity contribution in [3.63, 3.8) is 0 Å².